The molecule has 3 rings (SSSR count). The molecule has 33 heavy (non-hydrogen) atoms. The Balaban J connectivity index is 1.52. The van der Waals surface area contributed by atoms with Crippen molar-refractivity contribution in [2.75, 3.05) is 18.5 Å². The number of halogens is 3. The van der Waals surface area contributed by atoms with Crippen molar-refractivity contribution in [1.29, 1.82) is 0 Å². The van der Waals surface area contributed by atoms with Crippen molar-refractivity contribution in [1.82, 2.24) is 5.32 Å². The Kier molecular flexibility index (Phi) is 7.57. The van der Waals surface area contributed by atoms with Gasteiger partial charge in [-0.3, -0.25) is 14.4 Å². The summed E-state index contributed by atoms with van der Waals surface area (Å²) in [7, 11) is 0. The molecule has 0 saturated heterocycles. The van der Waals surface area contributed by atoms with E-state index in [2.05, 4.69) is 5.32 Å². The lowest BCUT2D eigenvalue weighted by Gasteiger charge is -2.10. The van der Waals surface area contributed by atoms with Gasteiger partial charge in [0.1, 0.15) is 0 Å². The molecule has 0 unspecified atom stereocenters. The second-order valence-corrected chi connectivity index (χ2v) is 7.42. The Morgan fingerprint density at radius 3 is 2.27 bits per heavy atom. The molecule has 0 spiro atoms. The zero-order valence-corrected chi connectivity index (χ0v) is 17.5. The normalized spacial score (nSPS) is 10.4. The fraction of sp³-hybridized carbons (Fsp3) is 0.0909. The molecule has 0 aliphatic carbocycles. The van der Waals surface area contributed by atoms with E-state index in [4.69, 9.17) is 4.74 Å². The molecule has 0 aliphatic rings. The summed E-state index contributed by atoms with van der Waals surface area (Å²) in [6, 6.07) is 10.7. The van der Waals surface area contributed by atoms with Crippen LogP contribution in [0.15, 0.2) is 53.9 Å². The maximum absolute atomic E-state index is 13.6. The van der Waals surface area contributed by atoms with Gasteiger partial charge in [-0.1, -0.05) is 24.3 Å². The van der Waals surface area contributed by atoms with Crippen molar-refractivity contribution >= 4 is 40.6 Å². The van der Waals surface area contributed by atoms with Crippen molar-refractivity contribution in [3.63, 3.8) is 0 Å². The Labute approximate surface area is 189 Å². The van der Waals surface area contributed by atoms with Crippen LogP contribution in [0.2, 0.25) is 0 Å². The molecule has 0 saturated carbocycles. The van der Waals surface area contributed by atoms with Crippen molar-refractivity contribution in [3.8, 4) is 0 Å². The summed E-state index contributed by atoms with van der Waals surface area (Å²) >= 11 is 1.21. The number of ketones is 1. The molecule has 2 amide bonds. The number of hydrogen-bond donors (Lipinski definition) is 2. The van der Waals surface area contributed by atoms with Crippen molar-refractivity contribution in [2.24, 2.45) is 0 Å². The molecule has 2 aromatic carbocycles. The number of benzene rings is 2. The average molecular weight is 476 g/mol. The standard InChI is InChI=1S/C22H15F3N2O5S/c23-14-7-8-15(20(25)19(14)24)27-17(28)10-26-18(29)11-32-22(31)13-5-2-1-4-12(13)21(30)16-6-3-9-33-16/h1-9H,10-11H2,(H,26,29)(H,27,28). The number of ether oxygens (including phenoxy) is 1. The summed E-state index contributed by atoms with van der Waals surface area (Å²) in [5, 5.41) is 5.83. The SMILES string of the molecule is O=C(COC(=O)c1ccccc1C(=O)c1cccs1)NCC(=O)Nc1ccc(F)c(F)c1F. The Hall–Kier alpha value is -3.99. The Bertz CT molecular complexity index is 1210. The van der Waals surface area contributed by atoms with Gasteiger partial charge in [-0.15, -0.1) is 11.3 Å². The number of rotatable bonds is 8. The first-order valence-corrected chi connectivity index (χ1v) is 10.2. The maximum atomic E-state index is 13.6. The smallest absolute Gasteiger partial charge is 0.339 e. The number of esters is 1. The predicted molar refractivity (Wildman–Crippen MR) is 112 cm³/mol. The van der Waals surface area contributed by atoms with E-state index in [-0.39, 0.29) is 16.9 Å². The number of thiophene rings is 1. The summed E-state index contributed by atoms with van der Waals surface area (Å²) in [6.07, 6.45) is 0. The average Bonchev–Trinajstić information content (AvgIpc) is 3.36. The topological polar surface area (TPSA) is 102 Å². The molecule has 7 nitrogen and oxygen atoms in total. The van der Waals surface area contributed by atoms with E-state index >= 15 is 0 Å². The summed E-state index contributed by atoms with van der Waals surface area (Å²) < 4.78 is 44.6. The minimum absolute atomic E-state index is 0.0322. The number of hydrogen-bond acceptors (Lipinski definition) is 6. The highest BCUT2D eigenvalue weighted by Gasteiger charge is 2.21. The second-order valence-electron chi connectivity index (χ2n) is 6.48. The minimum atomic E-state index is -1.75. The van der Waals surface area contributed by atoms with Crippen LogP contribution in [0.4, 0.5) is 18.9 Å². The first-order chi connectivity index (χ1) is 15.8. The van der Waals surface area contributed by atoms with Gasteiger partial charge in [0.05, 0.1) is 22.7 Å². The third-order valence-electron chi connectivity index (χ3n) is 4.23. The molecule has 0 aliphatic heterocycles. The van der Waals surface area contributed by atoms with Crippen LogP contribution in [0.3, 0.4) is 0 Å². The van der Waals surface area contributed by atoms with Crippen molar-refractivity contribution in [2.45, 2.75) is 0 Å². The number of anilines is 1. The number of carbonyl (C=O) groups excluding carboxylic acids is 4. The highest BCUT2D eigenvalue weighted by Crippen LogP contribution is 2.20. The molecule has 2 N–H and O–H groups in total. The highest BCUT2D eigenvalue weighted by atomic mass is 32.1. The molecule has 0 radical (unpaired) electrons. The lowest BCUT2D eigenvalue weighted by atomic mass is 10.0. The molecule has 0 atom stereocenters. The van der Waals surface area contributed by atoms with Gasteiger partial charge in [0, 0.05) is 5.56 Å². The van der Waals surface area contributed by atoms with E-state index in [1.807, 2.05) is 5.32 Å². The predicted octanol–water partition coefficient (Wildman–Crippen LogP) is 3.31. The van der Waals surface area contributed by atoms with Gasteiger partial charge in [0.2, 0.25) is 11.7 Å². The highest BCUT2D eigenvalue weighted by molar-refractivity contribution is 7.12. The van der Waals surface area contributed by atoms with Crippen LogP contribution in [0, 0.1) is 17.5 Å². The lowest BCUT2D eigenvalue weighted by molar-refractivity contribution is -0.126. The molecular formula is C22H15F3N2O5S. The molecule has 0 bridgehead atoms. The Morgan fingerprint density at radius 2 is 1.58 bits per heavy atom. The monoisotopic (exact) mass is 476 g/mol. The zero-order valence-electron chi connectivity index (χ0n) is 16.7. The fourth-order valence-electron chi connectivity index (χ4n) is 2.66. The number of carbonyl (C=O) groups is 4. The first kappa shape index (κ1) is 23.7. The van der Waals surface area contributed by atoms with Gasteiger partial charge in [0.15, 0.2) is 24.1 Å². The van der Waals surface area contributed by atoms with Gasteiger partial charge in [-0.25, -0.2) is 18.0 Å². The van der Waals surface area contributed by atoms with Gasteiger partial charge < -0.3 is 15.4 Å². The van der Waals surface area contributed by atoms with E-state index < -0.39 is 54.1 Å². The summed E-state index contributed by atoms with van der Waals surface area (Å²) in [6.45, 7) is -1.41. The largest absolute Gasteiger partial charge is 0.452 e. The van der Waals surface area contributed by atoms with Crippen LogP contribution in [-0.2, 0) is 14.3 Å². The van der Waals surface area contributed by atoms with Crippen LogP contribution < -0.4 is 10.6 Å². The van der Waals surface area contributed by atoms with Crippen molar-refractivity contribution < 1.29 is 37.1 Å². The molecule has 170 valence electrons. The molecule has 3 aromatic rings. The molecule has 11 heteroatoms. The van der Waals surface area contributed by atoms with Crippen LogP contribution in [0.25, 0.3) is 0 Å². The summed E-state index contributed by atoms with van der Waals surface area (Å²) in [5.41, 5.74) is -0.528. The number of amides is 2. The van der Waals surface area contributed by atoms with Crippen LogP contribution in [-0.4, -0.2) is 36.7 Å². The quantitative estimate of drug-likeness (QED) is 0.295. The van der Waals surface area contributed by atoms with E-state index in [9.17, 15) is 32.3 Å². The summed E-state index contributed by atoms with van der Waals surface area (Å²) in [5.74, 6) is -7.82. The van der Waals surface area contributed by atoms with E-state index in [1.165, 1.54) is 29.5 Å². The summed E-state index contributed by atoms with van der Waals surface area (Å²) in [4.78, 5) is 49.1. The van der Waals surface area contributed by atoms with Crippen LogP contribution in [0.5, 0.6) is 0 Å². The lowest BCUT2D eigenvalue weighted by Crippen LogP contribution is -2.35. The van der Waals surface area contributed by atoms with E-state index in [1.54, 1.807) is 23.6 Å². The third-order valence-corrected chi connectivity index (χ3v) is 5.09. The third kappa shape index (κ3) is 5.83. The first-order valence-electron chi connectivity index (χ1n) is 9.32. The zero-order chi connectivity index (χ0) is 24.0. The molecule has 1 aromatic heterocycles. The minimum Gasteiger partial charge on any atom is -0.452 e. The molecule has 0 fully saturated rings. The molecule has 1 heterocycles. The van der Waals surface area contributed by atoms with Gasteiger partial charge >= 0.3 is 5.97 Å². The van der Waals surface area contributed by atoms with E-state index in [0.717, 1.165) is 6.07 Å². The van der Waals surface area contributed by atoms with Gasteiger partial charge in [-0.2, -0.15) is 0 Å². The maximum Gasteiger partial charge on any atom is 0.339 e. The van der Waals surface area contributed by atoms with Crippen LogP contribution in [0.1, 0.15) is 25.6 Å². The van der Waals surface area contributed by atoms with Gasteiger partial charge in [-0.05, 0) is 29.6 Å². The Morgan fingerprint density at radius 1 is 0.848 bits per heavy atom. The number of nitrogens with one attached hydrogen (secondary N) is 2. The molecular weight excluding hydrogens is 461 g/mol. The van der Waals surface area contributed by atoms with Crippen molar-refractivity contribution in [3.05, 3.63) is 87.4 Å². The van der Waals surface area contributed by atoms with E-state index in [0.29, 0.717) is 10.9 Å². The fourth-order valence-corrected chi connectivity index (χ4v) is 3.33. The van der Waals surface area contributed by atoms with Gasteiger partial charge in [0.25, 0.3) is 5.91 Å². The van der Waals surface area contributed by atoms with Crippen LogP contribution >= 0.6 is 11.3 Å². The second kappa shape index (κ2) is 10.6.